The van der Waals surface area contributed by atoms with Crippen molar-refractivity contribution in [1.82, 2.24) is 4.90 Å². The summed E-state index contributed by atoms with van der Waals surface area (Å²) in [5.41, 5.74) is 4.04. The van der Waals surface area contributed by atoms with Gasteiger partial charge in [-0.3, -0.25) is 5.43 Å². The van der Waals surface area contributed by atoms with Crippen molar-refractivity contribution >= 4 is 22.9 Å². The molecule has 0 aliphatic carbocycles. The van der Waals surface area contributed by atoms with E-state index in [4.69, 9.17) is 4.74 Å². The molecule has 0 atom stereocenters. The number of benzene rings is 2. The van der Waals surface area contributed by atoms with Crippen molar-refractivity contribution in [2.45, 2.75) is 0 Å². The van der Waals surface area contributed by atoms with Crippen LogP contribution in [0.5, 0.6) is 0 Å². The molecular formula is C20H20FN3O3. The van der Waals surface area contributed by atoms with Crippen molar-refractivity contribution < 1.29 is 19.0 Å². The minimum atomic E-state index is -1.18. The average molecular weight is 369 g/mol. The summed E-state index contributed by atoms with van der Waals surface area (Å²) in [6, 6.07) is 14.9. The Morgan fingerprint density at radius 2 is 1.89 bits per heavy atom. The van der Waals surface area contributed by atoms with E-state index in [-0.39, 0.29) is 5.71 Å². The summed E-state index contributed by atoms with van der Waals surface area (Å²) in [5.74, 6) is -1.61. The zero-order valence-electron chi connectivity index (χ0n) is 14.6. The van der Waals surface area contributed by atoms with Gasteiger partial charge in [-0.15, -0.1) is 0 Å². The molecule has 2 N–H and O–H groups in total. The summed E-state index contributed by atoms with van der Waals surface area (Å²) in [6.45, 7) is 2.50. The van der Waals surface area contributed by atoms with Crippen LogP contribution in [0.2, 0.25) is 0 Å². The minimum Gasteiger partial charge on any atom is -0.476 e. The van der Waals surface area contributed by atoms with Crippen molar-refractivity contribution in [2.24, 2.45) is 5.10 Å². The maximum absolute atomic E-state index is 13.3. The molecule has 140 valence electrons. The molecule has 1 heterocycles. The highest BCUT2D eigenvalue weighted by atomic mass is 19.1. The van der Waals surface area contributed by atoms with Gasteiger partial charge in [0.2, 0.25) is 0 Å². The molecule has 3 rings (SSSR count). The Morgan fingerprint density at radius 1 is 1.15 bits per heavy atom. The lowest BCUT2D eigenvalue weighted by molar-refractivity contribution is -0.129. The number of halogens is 1. The highest BCUT2D eigenvalue weighted by Crippen LogP contribution is 2.19. The lowest BCUT2D eigenvalue weighted by Gasteiger charge is -2.26. The Balaban J connectivity index is 1.96. The zero-order valence-corrected chi connectivity index (χ0v) is 14.6. The normalized spacial score (nSPS) is 15.5. The van der Waals surface area contributed by atoms with Crippen LogP contribution in [0.15, 0.2) is 65.9 Å². The molecule has 2 aromatic rings. The van der Waals surface area contributed by atoms with Gasteiger partial charge in [0.05, 0.1) is 18.9 Å². The molecule has 0 spiro atoms. The van der Waals surface area contributed by atoms with E-state index in [0.717, 1.165) is 5.56 Å². The van der Waals surface area contributed by atoms with Crippen LogP contribution in [-0.2, 0) is 9.53 Å². The van der Waals surface area contributed by atoms with Gasteiger partial charge in [0, 0.05) is 24.9 Å². The number of carboxylic acids is 1. The third kappa shape index (κ3) is 5.15. The van der Waals surface area contributed by atoms with Crippen LogP contribution in [0.1, 0.15) is 5.56 Å². The van der Waals surface area contributed by atoms with E-state index in [1.165, 1.54) is 18.2 Å². The van der Waals surface area contributed by atoms with Crippen molar-refractivity contribution in [2.75, 3.05) is 31.7 Å². The predicted octanol–water partition coefficient (Wildman–Crippen LogP) is 3.05. The van der Waals surface area contributed by atoms with Gasteiger partial charge in [-0.25, -0.2) is 9.18 Å². The molecule has 7 heteroatoms. The fourth-order valence-corrected chi connectivity index (χ4v) is 2.68. The molecule has 2 aromatic carbocycles. The summed E-state index contributed by atoms with van der Waals surface area (Å²) < 4.78 is 18.7. The lowest BCUT2D eigenvalue weighted by Crippen LogP contribution is -2.33. The largest absolute Gasteiger partial charge is 0.476 e. The van der Waals surface area contributed by atoms with Gasteiger partial charge in [0.15, 0.2) is 5.71 Å². The Bertz CT molecular complexity index is 847. The van der Waals surface area contributed by atoms with Gasteiger partial charge in [-0.2, -0.15) is 5.10 Å². The molecular weight excluding hydrogens is 349 g/mol. The highest BCUT2D eigenvalue weighted by molar-refractivity contribution is 6.53. The molecule has 0 amide bonds. The van der Waals surface area contributed by atoms with Gasteiger partial charge in [-0.1, -0.05) is 36.4 Å². The number of carbonyl (C=O) groups is 1. The van der Waals surface area contributed by atoms with E-state index < -0.39 is 11.8 Å². The lowest BCUT2D eigenvalue weighted by atomic mass is 10.0. The van der Waals surface area contributed by atoms with Crippen molar-refractivity contribution in [3.8, 4) is 0 Å². The maximum Gasteiger partial charge on any atom is 0.357 e. The summed E-state index contributed by atoms with van der Waals surface area (Å²) >= 11 is 0. The topological polar surface area (TPSA) is 74.2 Å². The van der Waals surface area contributed by atoms with E-state index in [1.807, 2.05) is 35.2 Å². The molecule has 1 aliphatic rings. The molecule has 0 unspecified atom stereocenters. The number of rotatable bonds is 6. The molecule has 1 aliphatic heterocycles. The number of hydrazone groups is 1. The smallest absolute Gasteiger partial charge is 0.357 e. The molecule has 0 saturated carbocycles. The number of aliphatic carboxylic acids is 1. The van der Waals surface area contributed by atoms with Gasteiger partial charge in [0.1, 0.15) is 5.82 Å². The molecule has 0 bridgehead atoms. The molecule has 6 nitrogen and oxygen atoms in total. The molecule has 1 fully saturated rings. The summed E-state index contributed by atoms with van der Waals surface area (Å²) in [5, 5.41) is 13.8. The number of anilines is 1. The highest BCUT2D eigenvalue weighted by Gasteiger charge is 2.20. The standard InChI is InChI=1S/C20H20FN3O3/c21-16-7-4-8-17(13-16)22-23-19(20(25)26)18(15-5-2-1-3-6-15)14-24-9-11-27-12-10-24/h1-8,13-14,22H,9-12H2,(H,25,26). The second-order valence-corrected chi connectivity index (χ2v) is 5.94. The number of nitrogens with zero attached hydrogens (tertiary/aromatic N) is 2. The first kappa shape index (κ1) is 18.6. The van der Waals surface area contributed by atoms with Crippen LogP contribution >= 0.6 is 0 Å². The Morgan fingerprint density at radius 3 is 2.56 bits per heavy atom. The van der Waals surface area contributed by atoms with Crippen LogP contribution in [0.25, 0.3) is 5.57 Å². The number of hydrogen-bond donors (Lipinski definition) is 2. The molecule has 1 saturated heterocycles. The van der Waals surface area contributed by atoms with Crippen molar-refractivity contribution in [3.63, 3.8) is 0 Å². The van der Waals surface area contributed by atoms with Crippen LogP contribution in [0, 0.1) is 5.82 Å². The molecule has 0 radical (unpaired) electrons. The molecule has 0 aromatic heterocycles. The van der Waals surface area contributed by atoms with Crippen LogP contribution < -0.4 is 5.43 Å². The zero-order chi connectivity index (χ0) is 19.1. The predicted molar refractivity (Wildman–Crippen MR) is 102 cm³/mol. The van der Waals surface area contributed by atoms with E-state index >= 15 is 0 Å². The Labute approximate surface area is 156 Å². The van der Waals surface area contributed by atoms with Crippen LogP contribution in [0.4, 0.5) is 10.1 Å². The van der Waals surface area contributed by atoms with Crippen LogP contribution in [0.3, 0.4) is 0 Å². The minimum absolute atomic E-state index is 0.156. The monoisotopic (exact) mass is 369 g/mol. The first-order chi connectivity index (χ1) is 13.1. The quantitative estimate of drug-likeness (QED) is 0.605. The first-order valence-electron chi connectivity index (χ1n) is 8.55. The van der Waals surface area contributed by atoms with Gasteiger partial charge in [-0.05, 0) is 23.8 Å². The van der Waals surface area contributed by atoms with E-state index in [1.54, 1.807) is 12.3 Å². The molecule has 27 heavy (non-hydrogen) atoms. The van der Waals surface area contributed by atoms with Crippen molar-refractivity contribution in [1.29, 1.82) is 0 Å². The fourth-order valence-electron chi connectivity index (χ4n) is 2.68. The number of nitrogens with one attached hydrogen (secondary N) is 1. The first-order valence-corrected chi connectivity index (χ1v) is 8.55. The number of ether oxygens (including phenoxy) is 1. The second-order valence-electron chi connectivity index (χ2n) is 5.94. The number of hydrogen-bond acceptors (Lipinski definition) is 5. The van der Waals surface area contributed by atoms with Crippen molar-refractivity contribution in [3.05, 3.63) is 72.2 Å². The third-order valence-corrected chi connectivity index (χ3v) is 4.02. The van der Waals surface area contributed by atoms with Gasteiger partial charge < -0.3 is 14.7 Å². The summed E-state index contributed by atoms with van der Waals surface area (Å²) in [4.78, 5) is 13.9. The number of morpholine rings is 1. The summed E-state index contributed by atoms with van der Waals surface area (Å²) in [6.07, 6.45) is 1.79. The number of carboxylic acid groups (broad SMARTS) is 1. The maximum atomic E-state index is 13.3. The second kappa shape index (κ2) is 8.95. The van der Waals surface area contributed by atoms with Crippen LogP contribution in [-0.4, -0.2) is 48.0 Å². The average Bonchev–Trinajstić information content (AvgIpc) is 2.68. The summed E-state index contributed by atoms with van der Waals surface area (Å²) in [7, 11) is 0. The van der Waals surface area contributed by atoms with E-state index in [0.29, 0.717) is 37.6 Å². The van der Waals surface area contributed by atoms with Gasteiger partial charge in [0.25, 0.3) is 0 Å². The Hall–Kier alpha value is -3.19. The third-order valence-electron chi connectivity index (χ3n) is 4.02. The van der Waals surface area contributed by atoms with E-state index in [9.17, 15) is 14.3 Å². The SMILES string of the molecule is O=C(O)C(=NNc1cccc(F)c1)C(=CN1CCOCC1)c1ccccc1. The fraction of sp³-hybridized carbons (Fsp3) is 0.200. The van der Waals surface area contributed by atoms with E-state index in [2.05, 4.69) is 10.5 Å². The van der Waals surface area contributed by atoms with Gasteiger partial charge >= 0.3 is 5.97 Å². The Kier molecular flexibility index (Phi) is 6.17.